The van der Waals surface area contributed by atoms with Gasteiger partial charge >= 0.3 is 5.97 Å². The average Bonchev–Trinajstić information content (AvgIpc) is 2.61. The molecule has 0 spiro atoms. The standard InChI is InChI=1S/C15H28N2O2/c1-12-9-16-10-14(8-15(18)19-2)17(11-12)13-6-4-3-5-7-13/h12-14,16H,3-11H2,1-2H3. The molecule has 0 radical (unpaired) electrons. The normalized spacial score (nSPS) is 30.8. The van der Waals surface area contributed by atoms with Crippen LogP contribution in [0.15, 0.2) is 0 Å². The highest BCUT2D eigenvalue weighted by Gasteiger charge is 2.32. The van der Waals surface area contributed by atoms with E-state index in [1.165, 1.54) is 39.2 Å². The summed E-state index contributed by atoms with van der Waals surface area (Å²) in [7, 11) is 1.49. The summed E-state index contributed by atoms with van der Waals surface area (Å²) in [6.45, 7) is 5.37. The largest absolute Gasteiger partial charge is 0.469 e. The van der Waals surface area contributed by atoms with Crippen LogP contribution in [0.4, 0.5) is 0 Å². The highest BCUT2D eigenvalue weighted by atomic mass is 16.5. The van der Waals surface area contributed by atoms with Gasteiger partial charge in [0.25, 0.3) is 0 Å². The van der Waals surface area contributed by atoms with Crippen molar-refractivity contribution in [2.24, 2.45) is 5.92 Å². The molecule has 4 heteroatoms. The third-order valence-corrected chi connectivity index (χ3v) is 4.54. The molecule has 4 nitrogen and oxygen atoms in total. The fraction of sp³-hybridized carbons (Fsp3) is 0.933. The number of carbonyl (C=O) groups excluding carboxylic acids is 1. The topological polar surface area (TPSA) is 41.6 Å². The zero-order chi connectivity index (χ0) is 13.7. The van der Waals surface area contributed by atoms with E-state index in [2.05, 4.69) is 17.1 Å². The van der Waals surface area contributed by atoms with Crippen molar-refractivity contribution < 1.29 is 9.53 Å². The number of esters is 1. The van der Waals surface area contributed by atoms with Crippen LogP contribution in [-0.2, 0) is 9.53 Å². The van der Waals surface area contributed by atoms with Crippen molar-refractivity contribution in [3.63, 3.8) is 0 Å². The third-order valence-electron chi connectivity index (χ3n) is 4.54. The molecule has 2 atom stereocenters. The summed E-state index contributed by atoms with van der Waals surface area (Å²) in [5, 5.41) is 3.50. The number of ether oxygens (including phenoxy) is 1. The van der Waals surface area contributed by atoms with E-state index in [0.29, 0.717) is 24.4 Å². The smallest absolute Gasteiger partial charge is 0.307 e. The number of nitrogens with one attached hydrogen (secondary N) is 1. The Labute approximate surface area is 116 Å². The van der Waals surface area contributed by atoms with Gasteiger partial charge in [-0.3, -0.25) is 9.69 Å². The van der Waals surface area contributed by atoms with E-state index >= 15 is 0 Å². The predicted molar refractivity (Wildman–Crippen MR) is 76.0 cm³/mol. The van der Waals surface area contributed by atoms with E-state index in [4.69, 9.17) is 4.74 Å². The van der Waals surface area contributed by atoms with Gasteiger partial charge in [-0.05, 0) is 25.3 Å². The number of carbonyl (C=O) groups is 1. The molecule has 0 aromatic rings. The predicted octanol–water partition coefficient (Wildman–Crippen LogP) is 1.79. The lowest BCUT2D eigenvalue weighted by molar-refractivity contribution is -0.142. The number of hydrogen-bond acceptors (Lipinski definition) is 4. The van der Waals surface area contributed by atoms with E-state index in [9.17, 15) is 4.79 Å². The summed E-state index contributed by atoms with van der Waals surface area (Å²) in [5.41, 5.74) is 0. The fourth-order valence-electron chi connectivity index (χ4n) is 3.51. The van der Waals surface area contributed by atoms with Gasteiger partial charge in [0, 0.05) is 25.2 Å². The van der Waals surface area contributed by atoms with Crippen LogP contribution in [0.5, 0.6) is 0 Å². The number of methoxy groups -OCH3 is 1. The second kappa shape index (κ2) is 7.25. The molecular formula is C15H28N2O2. The lowest BCUT2D eigenvalue weighted by atomic mass is 9.92. The molecule has 0 aromatic carbocycles. The fourth-order valence-corrected chi connectivity index (χ4v) is 3.51. The molecule has 1 saturated carbocycles. The summed E-state index contributed by atoms with van der Waals surface area (Å²) >= 11 is 0. The van der Waals surface area contributed by atoms with Crippen LogP contribution in [0, 0.1) is 5.92 Å². The molecule has 1 heterocycles. The third kappa shape index (κ3) is 4.18. The first kappa shape index (κ1) is 14.8. The minimum Gasteiger partial charge on any atom is -0.469 e. The Morgan fingerprint density at radius 1 is 1.26 bits per heavy atom. The van der Waals surface area contributed by atoms with E-state index < -0.39 is 0 Å². The van der Waals surface area contributed by atoms with Crippen LogP contribution in [-0.4, -0.2) is 49.7 Å². The molecule has 2 unspecified atom stereocenters. The summed E-state index contributed by atoms with van der Waals surface area (Å²) in [4.78, 5) is 14.2. The molecule has 19 heavy (non-hydrogen) atoms. The van der Waals surface area contributed by atoms with Crippen molar-refractivity contribution >= 4 is 5.97 Å². The number of rotatable bonds is 3. The Hall–Kier alpha value is -0.610. The summed E-state index contributed by atoms with van der Waals surface area (Å²) in [6.07, 6.45) is 7.17. The molecule has 2 rings (SSSR count). The maximum Gasteiger partial charge on any atom is 0.307 e. The molecule has 0 amide bonds. The number of nitrogens with zero attached hydrogens (tertiary/aromatic N) is 1. The maximum atomic E-state index is 11.6. The minimum absolute atomic E-state index is 0.0813. The molecule has 1 aliphatic heterocycles. The average molecular weight is 268 g/mol. The van der Waals surface area contributed by atoms with Crippen molar-refractivity contribution in [2.45, 2.75) is 57.5 Å². The van der Waals surface area contributed by atoms with Crippen LogP contribution in [0.25, 0.3) is 0 Å². The Kier molecular flexibility index (Phi) is 5.64. The van der Waals surface area contributed by atoms with Crippen molar-refractivity contribution in [3.05, 3.63) is 0 Å². The molecule has 1 N–H and O–H groups in total. The highest BCUT2D eigenvalue weighted by Crippen LogP contribution is 2.26. The van der Waals surface area contributed by atoms with E-state index in [1.807, 2.05) is 0 Å². The Bertz CT molecular complexity index is 290. The van der Waals surface area contributed by atoms with Crippen molar-refractivity contribution in [1.29, 1.82) is 0 Å². The van der Waals surface area contributed by atoms with Gasteiger partial charge in [-0.15, -0.1) is 0 Å². The molecule has 0 aromatic heterocycles. The van der Waals surface area contributed by atoms with Gasteiger partial charge in [0.05, 0.1) is 13.5 Å². The zero-order valence-electron chi connectivity index (χ0n) is 12.4. The van der Waals surface area contributed by atoms with Crippen LogP contribution in [0.1, 0.15) is 45.4 Å². The van der Waals surface area contributed by atoms with Crippen LogP contribution < -0.4 is 5.32 Å². The molecule has 0 bridgehead atoms. The van der Waals surface area contributed by atoms with Crippen molar-refractivity contribution in [2.75, 3.05) is 26.7 Å². The second-order valence-electron chi connectivity index (χ2n) is 6.19. The first-order chi connectivity index (χ1) is 9.20. The quantitative estimate of drug-likeness (QED) is 0.792. The summed E-state index contributed by atoms with van der Waals surface area (Å²) in [6, 6.07) is 0.978. The van der Waals surface area contributed by atoms with Crippen molar-refractivity contribution in [3.8, 4) is 0 Å². The Morgan fingerprint density at radius 2 is 2.00 bits per heavy atom. The highest BCUT2D eigenvalue weighted by molar-refractivity contribution is 5.70. The monoisotopic (exact) mass is 268 g/mol. The van der Waals surface area contributed by atoms with Gasteiger partial charge in [0.1, 0.15) is 0 Å². The zero-order valence-corrected chi connectivity index (χ0v) is 12.4. The van der Waals surface area contributed by atoms with Gasteiger partial charge in [-0.2, -0.15) is 0 Å². The SMILES string of the molecule is COC(=O)CC1CNCC(C)CN1C1CCCCC1. The molecular weight excluding hydrogens is 240 g/mol. The molecule has 1 saturated heterocycles. The molecule has 1 aliphatic carbocycles. The molecule has 2 aliphatic rings. The maximum absolute atomic E-state index is 11.6. The minimum atomic E-state index is -0.0813. The van der Waals surface area contributed by atoms with Crippen LogP contribution >= 0.6 is 0 Å². The van der Waals surface area contributed by atoms with Crippen LogP contribution in [0.2, 0.25) is 0 Å². The second-order valence-corrected chi connectivity index (χ2v) is 6.19. The molecule has 2 fully saturated rings. The van der Waals surface area contributed by atoms with Gasteiger partial charge in [0.2, 0.25) is 0 Å². The first-order valence-electron chi connectivity index (χ1n) is 7.74. The number of hydrogen-bond donors (Lipinski definition) is 1. The van der Waals surface area contributed by atoms with Gasteiger partial charge in [-0.1, -0.05) is 26.2 Å². The molecule has 110 valence electrons. The van der Waals surface area contributed by atoms with E-state index in [0.717, 1.165) is 19.6 Å². The van der Waals surface area contributed by atoms with E-state index in [-0.39, 0.29) is 5.97 Å². The van der Waals surface area contributed by atoms with Crippen LogP contribution in [0.3, 0.4) is 0 Å². The van der Waals surface area contributed by atoms with Gasteiger partial charge in [0.15, 0.2) is 0 Å². The summed E-state index contributed by atoms with van der Waals surface area (Å²) < 4.78 is 4.86. The first-order valence-corrected chi connectivity index (χ1v) is 7.74. The van der Waals surface area contributed by atoms with Crippen molar-refractivity contribution in [1.82, 2.24) is 10.2 Å². The van der Waals surface area contributed by atoms with Gasteiger partial charge in [-0.25, -0.2) is 0 Å². The lowest BCUT2D eigenvalue weighted by Gasteiger charge is -2.39. The van der Waals surface area contributed by atoms with E-state index in [1.54, 1.807) is 0 Å². The van der Waals surface area contributed by atoms with Gasteiger partial charge < -0.3 is 10.1 Å². The Balaban J connectivity index is 2.03. The lowest BCUT2D eigenvalue weighted by Crippen LogP contribution is -2.48. The summed E-state index contributed by atoms with van der Waals surface area (Å²) in [5.74, 6) is 0.576. The Morgan fingerprint density at radius 3 is 2.68 bits per heavy atom.